The minimum absolute atomic E-state index is 0.146. The number of hydrogen-bond donors (Lipinski definition) is 0. The zero-order valence-electron chi connectivity index (χ0n) is 18.9. The Kier molecular flexibility index (Phi) is 6.02. The average Bonchev–Trinajstić information content (AvgIpc) is 3.20. The van der Waals surface area contributed by atoms with Crippen molar-refractivity contribution >= 4 is 21.4 Å². The lowest BCUT2D eigenvalue weighted by Crippen LogP contribution is -2.31. The number of aryl methyl sites for hydroxylation is 2. The molecule has 0 bridgehead atoms. The maximum atomic E-state index is 14.0. The van der Waals surface area contributed by atoms with Gasteiger partial charge in [-0.15, -0.1) is 10.2 Å². The van der Waals surface area contributed by atoms with Crippen LogP contribution in [0.5, 0.6) is 0 Å². The van der Waals surface area contributed by atoms with Crippen LogP contribution in [0.15, 0.2) is 71.8 Å². The molecule has 2 heterocycles. The number of fused-ring (bicyclic) bond motifs is 1. The van der Waals surface area contributed by atoms with Crippen LogP contribution >= 0.6 is 0 Å². The highest BCUT2D eigenvalue weighted by Crippen LogP contribution is 2.29. The van der Waals surface area contributed by atoms with Crippen molar-refractivity contribution in [2.24, 2.45) is 0 Å². The van der Waals surface area contributed by atoms with Crippen molar-refractivity contribution in [3.8, 4) is 0 Å². The third kappa shape index (κ3) is 4.12. The van der Waals surface area contributed by atoms with Crippen LogP contribution in [0.3, 0.4) is 0 Å². The summed E-state index contributed by atoms with van der Waals surface area (Å²) < 4.78 is 31.2. The molecule has 0 fully saturated rings. The summed E-state index contributed by atoms with van der Waals surface area (Å²) in [7, 11) is -3.91. The Morgan fingerprint density at radius 1 is 1.00 bits per heavy atom. The first kappa shape index (κ1) is 22.0. The minimum atomic E-state index is -3.91. The van der Waals surface area contributed by atoms with E-state index in [1.807, 2.05) is 62.4 Å². The molecular weight excluding hydrogens is 420 g/mol. The Balaban J connectivity index is 1.86. The summed E-state index contributed by atoms with van der Waals surface area (Å²) in [6.07, 6.45) is 2.46. The molecule has 0 atom stereocenters. The molecule has 0 spiro atoms. The van der Waals surface area contributed by atoms with Gasteiger partial charge in [0.15, 0.2) is 5.65 Å². The quantitative estimate of drug-likeness (QED) is 0.394. The molecule has 6 nitrogen and oxygen atoms in total. The zero-order chi connectivity index (χ0) is 22.9. The van der Waals surface area contributed by atoms with Gasteiger partial charge in [-0.2, -0.15) is 0 Å². The lowest BCUT2D eigenvalue weighted by atomic mass is 10.0. The Hall–Kier alpha value is -3.19. The van der Waals surface area contributed by atoms with Crippen LogP contribution in [0.4, 0.5) is 5.69 Å². The second-order valence-corrected chi connectivity index (χ2v) is 10.1. The molecule has 0 saturated heterocycles. The Bertz CT molecular complexity index is 1340. The van der Waals surface area contributed by atoms with Gasteiger partial charge < -0.3 is 0 Å². The Morgan fingerprint density at radius 3 is 2.41 bits per heavy atom. The molecule has 0 saturated carbocycles. The highest BCUT2D eigenvalue weighted by Gasteiger charge is 2.29. The van der Waals surface area contributed by atoms with Crippen LogP contribution in [0.2, 0.25) is 0 Å². The molecule has 32 heavy (non-hydrogen) atoms. The SMILES string of the molecule is CCc1nnc2c(S(=O)(=O)N(Cc3cccc(C)c3)c3ccc(C(C)C)cc3)cccn12. The van der Waals surface area contributed by atoms with Crippen LogP contribution < -0.4 is 4.31 Å². The molecule has 0 aliphatic heterocycles. The van der Waals surface area contributed by atoms with Gasteiger partial charge in [0.25, 0.3) is 10.0 Å². The van der Waals surface area contributed by atoms with Crippen molar-refractivity contribution in [2.75, 3.05) is 4.31 Å². The number of nitrogens with zero attached hydrogens (tertiary/aromatic N) is 4. The van der Waals surface area contributed by atoms with Gasteiger partial charge in [-0.1, -0.05) is 62.7 Å². The molecule has 4 rings (SSSR count). The van der Waals surface area contributed by atoms with Crippen molar-refractivity contribution in [3.63, 3.8) is 0 Å². The van der Waals surface area contributed by atoms with E-state index in [0.717, 1.165) is 22.5 Å². The molecule has 2 aromatic heterocycles. The van der Waals surface area contributed by atoms with Gasteiger partial charge in [0.2, 0.25) is 0 Å². The fraction of sp³-hybridized carbons (Fsp3) is 0.280. The van der Waals surface area contributed by atoms with E-state index in [4.69, 9.17) is 0 Å². The zero-order valence-corrected chi connectivity index (χ0v) is 19.7. The van der Waals surface area contributed by atoms with E-state index < -0.39 is 10.0 Å². The number of benzene rings is 2. The Morgan fingerprint density at radius 2 is 1.75 bits per heavy atom. The van der Waals surface area contributed by atoms with E-state index in [2.05, 4.69) is 24.0 Å². The van der Waals surface area contributed by atoms with E-state index in [-0.39, 0.29) is 11.4 Å². The summed E-state index contributed by atoms with van der Waals surface area (Å²) in [5.74, 6) is 1.09. The number of aromatic nitrogens is 3. The van der Waals surface area contributed by atoms with Crippen LogP contribution in [-0.2, 0) is 23.0 Å². The van der Waals surface area contributed by atoms with Crippen LogP contribution in [0.25, 0.3) is 5.65 Å². The van der Waals surface area contributed by atoms with Gasteiger partial charge in [0.1, 0.15) is 10.7 Å². The van der Waals surface area contributed by atoms with Crippen molar-refractivity contribution in [3.05, 3.63) is 89.4 Å². The standard InChI is InChI=1S/C25H28N4O2S/c1-5-24-26-27-25-23(10-7-15-28(24)25)32(30,31)29(17-20-9-6-8-19(4)16-20)22-13-11-21(12-14-22)18(2)3/h6-16,18H,5,17H2,1-4H3. The first-order valence-electron chi connectivity index (χ1n) is 10.8. The lowest BCUT2D eigenvalue weighted by Gasteiger charge is -2.25. The van der Waals surface area contributed by atoms with Crippen molar-refractivity contribution < 1.29 is 8.42 Å². The summed E-state index contributed by atoms with van der Waals surface area (Å²) in [6.45, 7) is 8.43. The van der Waals surface area contributed by atoms with Crippen LogP contribution in [-0.4, -0.2) is 23.0 Å². The van der Waals surface area contributed by atoms with Gasteiger partial charge in [-0.25, -0.2) is 8.42 Å². The first-order chi connectivity index (χ1) is 15.3. The average molecular weight is 449 g/mol. The van der Waals surface area contributed by atoms with E-state index in [9.17, 15) is 8.42 Å². The normalized spacial score (nSPS) is 11.9. The van der Waals surface area contributed by atoms with Gasteiger partial charge in [0, 0.05) is 12.6 Å². The van der Waals surface area contributed by atoms with E-state index in [1.165, 1.54) is 4.31 Å². The van der Waals surface area contributed by atoms with Crippen LogP contribution in [0, 0.1) is 6.92 Å². The molecule has 0 unspecified atom stereocenters. The van der Waals surface area contributed by atoms with Gasteiger partial charge in [0.05, 0.1) is 12.2 Å². The third-order valence-electron chi connectivity index (χ3n) is 5.61. The number of sulfonamides is 1. The summed E-state index contributed by atoms with van der Waals surface area (Å²) in [4.78, 5) is 0.146. The maximum Gasteiger partial charge on any atom is 0.268 e. The molecule has 0 amide bonds. The first-order valence-corrected chi connectivity index (χ1v) is 12.3. The van der Waals surface area contributed by atoms with Gasteiger partial charge in [-0.3, -0.25) is 8.71 Å². The number of pyridine rings is 1. The smallest absolute Gasteiger partial charge is 0.268 e. The highest BCUT2D eigenvalue weighted by atomic mass is 32.2. The fourth-order valence-corrected chi connectivity index (χ4v) is 5.39. The maximum absolute atomic E-state index is 14.0. The van der Waals surface area contributed by atoms with Crippen molar-refractivity contribution in [2.45, 2.75) is 51.5 Å². The molecule has 0 aliphatic rings. The molecule has 0 radical (unpaired) electrons. The second kappa shape index (κ2) is 8.74. The highest BCUT2D eigenvalue weighted by molar-refractivity contribution is 7.93. The van der Waals surface area contributed by atoms with Gasteiger partial charge in [-0.05, 0) is 48.2 Å². The molecule has 166 valence electrons. The van der Waals surface area contributed by atoms with E-state index in [0.29, 0.717) is 23.7 Å². The van der Waals surface area contributed by atoms with E-state index in [1.54, 1.807) is 22.7 Å². The summed E-state index contributed by atoms with van der Waals surface area (Å²) in [6, 6.07) is 19.0. The summed E-state index contributed by atoms with van der Waals surface area (Å²) in [5.41, 5.74) is 4.13. The topological polar surface area (TPSA) is 67.6 Å². The predicted molar refractivity (Wildman–Crippen MR) is 127 cm³/mol. The second-order valence-electron chi connectivity index (χ2n) is 8.28. The minimum Gasteiger partial charge on any atom is -0.285 e. The third-order valence-corrected chi connectivity index (χ3v) is 7.40. The Labute approximate surface area is 189 Å². The monoisotopic (exact) mass is 448 g/mol. The summed E-state index contributed by atoms with van der Waals surface area (Å²) >= 11 is 0. The molecule has 0 N–H and O–H groups in total. The van der Waals surface area contributed by atoms with Crippen molar-refractivity contribution in [1.29, 1.82) is 0 Å². The van der Waals surface area contributed by atoms with E-state index >= 15 is 0 Å². The lowest BCUT2D eigenvalue weighted by molar-refractivity contribution is 0.590. The molecular formula is C25H28N4O2S. The van der Waals surface area contributed by atoms with Crippen molar-refractivity contribution in [1.82, 2.24) is 14.6 Å². The van der Waals surface area contributed by atoms with Crippen LogP contribution in [0.1, 0.15) is 49.2 Å². The molecule has 7 heteroatoms. The molecule has 4 aromatic rings. The number of rotatable bonds is 7. The predicted octanol–water partition coefficient (Wildman–Crippen LogP) is 5.12. The number of hydrogen-bond acceptors (Lipinski definition) is 4. The molecule has 2 aromatic carbocycles. The fourth-order valence-electron chi connectivity index (χ4n) is 3.82. The molecule has 0 aliphatic carbocycles. The largest absolute Gasteiger partial charge is 0.285 e. The summed E-state index contributed by atoms with van der Waals surface area (Å²) in [5, 5.41) is 8.37. The number of anilines is 1. The van der Waals surface area contributed by atoms with Gasteiger partial charge >= 0.3 is 0 Å².